The third kappa shape index (κ3) is 1.86. The van der Waals surface area contributed by atoms with Gasteiger partial charge in [-0.05, 0) is 35.7 Å². The maximum atomic E-state index is 12.4. The van der Waals surface area contributed by atoms with E-state index in [0.717, 1.165) is 16.7 Å². The lowest BCUT2D eigenvalue weighted by Gasteiger charge is -2.07. The number of rotatable bonds is 2. The summed E-state index contributed by atoms with van der Waals surface area (Å²) < 4.78 is 3.45. The summed E-state index contributed by atoms with van der Waals surface area (Å²) in [7, 11) is 1.81. The van der Waals surface area contributed by atoms with Gasteiger partial charge in [0.25, 0.3) is 0 Å². The van der Waals surface area contributed by atoms with Crippen LogP contribution in [0.3, 0.4) is 0 Å². The van der Waals surface area contributed by atoms with Crippen molar-refractivity contribution in [3.8, 4) is 5.69 Å². The highest BCUT2D eigenvalue weighted by Crippen LogP contribution is 2.19. The third-order valence-electron chi connectivity index (χ3n) is 3.78. The SMILES string of the molecule is CC(C)c1ccc(-n2c(=O)n(C)c3ccccc32)cc1. The van der Waals surface area contributed by atoms with Crippen molar-refractivity contribution in [2.24, 2.45) is 7.05 Å². The van der Waals surface area contributed by atoms with Gasteiger partial charge in [-0.15, -0.1) is 0 Å². The third-order valence-corrected chi connectivity index (χ3v) is 3.78. The summed E-state index contributed by atoms with van der Waals surface area (Å²) in [5.74, 6) is 0.494. The van der Waals surface area contributed by atoms with E-state index >= 15 is 0 Å². The van der Waals surface area contributed by atoms with Crippen LogP contribution >= 0.6 is 0 Å². The van der Waals surface area contributed by atoms with Gasteiger partial charge in [-0.2, -0.15) is 0 Å². The Hall–Kier alpha value is -2.29. The highest BCUT2D eigenvalue weighted by molar-refractivity contribution is 5.78. The average molecular weight is 266 g/mol. The predicted octanol–water partition coefficient (Wildman–Crippen LogP) is 3.45. The van der Waals surface area contributed by atoms with Gasteiger partial charge in [0.05, 0.1) is 16.7 Å². The quantitative estimate of drug-likeness (QED) is 0.698. The molecule has 3 heteroatoms. The monoisotopic (exact) mass is 266 g/mol. The fourth-order valence-electron chi connectivity index (χ4n) is 2.55. The number of benzene rings is 2. The number of hydrogen-bond acceptors (Lipinski definition) is 1. The van der Waals surface area contributed by atoms with E-state index in [9.17, 15) is 4.79 Å². The molecule has 3 nitrogen and oxygen atoms in total. The normalized spacial score (nSPS) is 11.4. The second-order valence-electron chi connectivity index (χ2n) is 5.41. The van der Waals surface area contributed by atoms with E-state index in [0.29, 0.717) is 5.92 Å². The Labute approximate surface area is 118 Å². The molecule has 0 saturated carbocycles. The van der Waals surface area contributed by atoms with Crippen LogP contribution in [-0.4, -0.2) is 9.13 Å². The maximum Gasteiger partial charge on any atom is 0.333 e. The standard InChI is InChI=1S/C17H18N2O/c1-12(2)13-8-10-14(11-9-13)19-16-7-5-4-6-15(16)18(3)17(19)20/h4-12H,1-3H3. The molecule has 1 aromatic heterocycles. The summed E-state index contributed by atoms with van der Waals surface area (Å²) in [5.41, 5.74) is 4.07. The highest BCUT2D eigenvalue weighted by atomic mass is 16.1. The van der Waals surface area contributed by atoms with Gasteiger partial charge < -0.3 is 0 Å². The zero-order chi connectivity index (χ0) is 14.3. The van der Waals surface area contributed by atoms with Crippen LogP contribution in [0, 0.1) is 0 Å². The van der Waals surface area contributed by atoms with Crippen molar-refractivity contribution in [2.45, 2.75) is 19.8 Å². The zero-order valence-electron chi connectivity index (χ0n) is 12.0. The van der Waals surface area contributed by atoms with Gasteiger partial charge in [0.2, 0.25) is 0 Å². The second-order valence-corrected chi connectivity index (χ2v) is 5.41. The Balaban J connectivity index is 2.24. The predicted molar refractivity (Wildman–Crippen MR) is 82.6 cm³/mol. The number of aryl methyl sites for hydroxylation is 1. The summed E-state index contributed by atoms with van der Waals surface area (Å²) in [6.45, 7) is 4.33. The lowest BCUT2D eigenvalue weighted by molar-refractivity contribution is 0.841. The molecule has 0 N–H and O–H groups in total. The molecule has 0 fully saturated rings. The summed E-state index contributed by atoms with van der Waals surface area (Å²) in [4.78, 5) is 12.4. The molecule has 0 aliphatic carbocycles. The Bertz CT molecular complexity index is 807. The van der Waals surface area contributed by atoms with E-state index in [-0.39, 0.29) is 5.69 Å². The number of nitrogens with zero attached hydrogens (tertiary/aromatic N) is 2. The molecule has 0 radical (unpaired) electrons. The van der Waals surface area contributed by atoms with Crippen molar-refractivity contribution < 1.29 is 0 Å². The minimum atomic E-state index is -0.0107. The minimum Gasteiger partial charge on any atom is -0.295 e. The van der Waals surface area contributed by atoms with Crippen molar-refractivity contribution in [3.05, 3.63) is 64.6 Å². The van der Waals surface area contributed by atoms with Gasteiger partial charge in [-0.25, -0.2) is 4.79 Å². The molecule has 0 atom stereocenters. The number of aromatic nitrogens is 2. The second kappa shape index (κ2) is 4.67. The number of imidazole rings is 1. The zero-order valence-corrected chi connectivity index (χ0v) is 12.0. The van der Waals surface area contributed by atoms with Crippen LogP contribution < -0.4 is 5.69 Å². The fourth-order valence-corrected chi connectivity index (χ4v) is 2.55. The molecule has 20 heavy (non-hydrogen) atoms. The molecule has 2 aromatic carbocycles. The molecular weight excluding hydrogens is 248 g/mol. The molecule has 0 amide bonds. The van der Waals surface area contributed by atoms with Crippen LogP contribution in [0.15, 0.2) is 53.3 Å². The van der Waals surface area contributed by atoms with E-state index in [4.69, 9.17) is 0 Å². The Morgan fingerprint density at radius 1 is 0.900 bits per heavy atom. The Kier molecular flexibility index (Phi) is 2.97. The van der Waals surface area contributed by atoms with Gasteiger partial charge >= 0.3 is 5.69 Å². The van der Waals surface area contributed by atoms with Gasteiger partial charge in [0.1, 0.15) is 0 Å². The molecule has 102 valence electrons. The molecule has 0 aliphatic rings. The molecule has 0 spiro atoms. The molecule has 0 aliphatic heterocycles. The van der Waals surface area contributed by atoms with E-state index in [1.54, 1.807) is 9.13 Å². The van der Waals surface area contributed by atoms with Crippen molar-refractivity contribution in [1.29, 1.82) is 0 Å². The van der Waals surface area contributed by atoms with Crippen LogP contribution in [0.2, 0.25) is 0 Å². The van der Waals surface area contributed by atoms with Crippen LogP contribution in [-0.2, 0) is 7.05 Å². The number of fused-ring (bicyclic) bond motifs is 1. The van der Waals surface area contributed by atoms with Crippen molar-refractivity contribution >= 4 is 11.0 Å². The largest absolute Gasteiger partial charge is 0.333 e. The molecule has 0 unspecified atom stereocenters. The van der Waals surface area contributed by atoms with Crippen LogP contribution in [0.5, 0.6) is 0 Å². The number of para-hydroxylation sites is 2. The average Bonchev–Trinajstić information content (AvgIpc) is 2.72. The first-order valence-electron chi connectivity index (χ1n) is 6.86. The minimum absolute atomic E-state index is 0.0107. The van der Waals surface area contributed by atoms with Gasteiger partial charge in [-0.3, -0.25) is 9.13 Å². The van der Waals surface area contributed by atoms with Crippen molar-refractivity contribution in [1.82, 2.24) is 9.13 Å². The molecule has 3 rings (SSSR count). The highest BCUT2D eigenvalue weighted by Gasteiger charge is 2.11. The van der Waals surface area contributed by atoms with Crippen molar-refractivity contribution in [3.63, 3.8) is 0 Å². The molecular formula is C17H18N2O. The van der Waals surface area contributed by atoms with E-state index < -0.39 is 0 Å². The topological polar surface area (TPSA) is 26.9 Å². The maximum absolute atomic E-state index is 12.4. The summed E-state index contributed by atoms with van der Waals surface area (Å²) in [6.07, 6.45) is 0. The van der Waals surface area contributed by atoms with E-state index in [1.807, 2.05) is 43.4 Å². The first-order chi connectivity index (χ1) is 9.59. The lowest BCUT2D eigenvalue weighted by atomic mass is 10.0. The van der Waals surface area contributed by atoms with Gasteiger partial charge in [-0.1, -0.05) is 38.1 Å². The molecule has 0 saturated heterocycles. The summed E-state index contributed by atoms with van der Waals surface area (Å²) in [6, 6.07) is 16.1. The van der Waals surface area contributed by atoms with Crippen LogP contribution in [0.4, 0.5) is 0 Å². The number of hydrogen-bond donors (Lipinski definition) is 0. The van der Waals surface area contributed by atoms with Crippen molar-refractivity contribution in [2.75, 3.05) is 0 Å². The van der Waals surface area contributed by atoms with Crippen LogP contribution in [0.1, 0.15) is 25.3 Å². The summed E-state index contributed by atoms with van der Waals surface area (Å²) >= 11 is 0. The molecule has 3 aromatic rings. The first kappa shape index (κ1) is 12.7. The lowest BCUT2D eigenvalue weighted by Crippen LogP contribution is -2.20. The van der Waals surface area contributed by atoms with E-state index in [1.165, 1.54) is 5.56 Å². The van der Waals surface area contributed by atoms with Crippen LogP contribution in [0.25, 0.3) is 16.7 Å². The Morgan fingerprint density at radius 2 is 1.50 bits per heavy atom. The molecule has 0 bridgehead atoms. The smallest absolute Gasteiger partial charge is 0.295 e. The Morgan fingerprint density at radius 3 is 2.10 bits per heavy atom. The summed E-state index contributed by atoms with van der Waals surface area (Å²) in [5, 5.41) is 0. The molecule has 1 heterocycles. The van der Waals surface area contributed by atoms with Gasteiger partial charge in [0.15, 0.2) is 0 Å². The fraction of sp³-hybridized carbons (Fsp3) is 0.235. The van der Waals surface area contributed by atoms with Gasteiger partial charge in [0, 0.05) is 7.05 Å². The first-order valence-corrected chi connectivity index (χ1v) is 6.86. The van der Waals surface area contributed by atoms with E-state index in [2.05, 4.69) is 26.0 Å².